The Labute approximate surface area is 129 Å². The van der Waals surface area contributed by atoms with Gasteiger partial charge in [-0.1, -0.05) is 13.0 Å². The first-order valence-corrected chi connectivity index (χ1v) is 7.58. The average molecular weight is 314 g/mol. The van der Waals surface area contributed by atoms with Crippen LogP contribution in [0.4, 0.5) is 13.6 Å². The minimum absolute atomic E-state index is 0.0322. The normalized spacial score (nSPS) is 13.5. The second-order valence-electron chi connectivity index (χ2n) is 5.42. The lowest BCUT2D eigenvalue weighted by Crippen LogP contribution is -2.45. The maximum Gasteiger partial charge on any atom is 0.315 e. The minimum Gasteiger partial charge on any atom is -0.396 e. The van der Waals surface area contributed by atoms with Crippen molar-refractivity contribution >= 4 is 6.03 Å². The van der Waals surface area contributed by atoms with E-state index in [9.17, 15) is 13.6 Å². The van der Waals surface area contributed by atoms with Gasteiger partial charge in [0.25, 0.3) is 0 Å². The van der Waals surface area contributed by atoms with Gasteiger partial charge in [-0.15, -0.1) is 0 Å². The Morgan fingerprint density at radius 3 is 2.55 bits per heavy atom. The fourth-order valence-corrected chi connectivity index (χ4v) is 2.14. The van der Waals surface area contributed by atoms with E-state index in [1.807, 2.05) is 13.8 Å². The predicted molar refractivity (Wildman–Crippen MR) is 81.6 cm³/mol. The van der Waals surface area contributed by atoms with E-state index in [0.29, 0.717) is 24.8 Å². The number of carbonyl (C=O) groups is 1. The SMILES string of the molecule is CCC(CCO)NC(=O)NC(C)CCc1ccc(F)c(F)c1. The first-order valence-electron chi connectivity index (χ1n) is 7.58. The molecule has 22 heavy (non-hydrogen) atoms. The Kier molecular flexibility index (Phi) is 7.80. The van der Waals surface area contributed by atoms with Gasteiger partial charge in [0, 0.05) is 18.7 Å². The Balaban J connectivity index is 2.37. The monoisotopic (exact) mass is 314 g/mol. The summed E-state index contributed by atoms with van der Waals surface area (Å²) < 4.78 is 25.9. The molecule has 0 saturated carbocycles. The number of benzene rings is 1. The highest BCUT2D eigenvalue weighted by Crippen LogP contribution is 2.11. The number of hydrogen-bond donors (Lipinski definition) is 3. The Morgan fingerprint density at radius 1 is 1.23 bits per heavy atom. The van der Waals surface area contributed by atoms with Crippen LogP contribution < -0.4 is 10.6 Å². The van der Waals surface area contributed by atoms with Crippen molar-refractivity contribution in [1.82, 2.24) is 10.6 Å². The molecule has 0 spiro atoms. The molecular weight excluding hydrogens is 290 g/mol. The molecule has 0 bridgehead atoms. The molecule has 3 N–H and O–H groups in total. The third-order valence-electron chi connectivity index (χ3n) is 3.53. The van der Waals surface area contributed by atoms with Crippen molar-refractivity contribution in [3.63, 3.8) is 0 Å². The van der Waals surface area contributed by atoms with E-state index in [4.69, 9.17) is 5.11 Å². The molecule has 6 heteroatoms. The van der Waals surface area contributed by atoms with Gasteiger partial charge >= 0.3 is 6.03 Å². The second kappa shape index (κ2) is 9.35. The van der Waals surface area contributed by atoms with Gasteiger partial charge in [-0.2, -0.15) is 0 Å². The van der Waals surface area contributed by atoms with E-state index in [1.54, 1.807) is 6.07 Å². The van der Waals surface area contributed by atoms with Crippen LogP contribution in [0.5, 0.6) is 0 Å². The molecule has 0 saturated heterocycles. The number of aliphatic hydroxyl groups is 1. The van der Waals surface area contributed by atoms with Crippen LogP contribution in [0.15, 0.2) is 18.2 Å². The van der Waals surface area contributed by atoms with Crippen LogP contribution in [0.2, 0.25) is 0 Å². The van der Waals surface area contributed by atoms with Gasteiger partial charge < -0.3 is 15.7 Å². The van der Waals surface area contributed by atoms with E-state index in [0.717, 1.165) is 12.5 Å². The summed E-state index contributed by atoms with van der Waals surface area (Å²) in [6, 6.07) is 3.40. The number of nitrogens with one attached hydrogen (secondary N) is 2. The zero-order chi connectivity index (χ0) is 16.5. The molecule has 0 radical (unpaired) electrons. The minimum atomic E-state index is -0.858. The molecule has 0 heterocycles. The molecular formula is C16H24F2N2O2. The molecule has 2 unspecified atom stereocenters. The third-order valence-corrected chi connectivity index (χ3v) is 3.53. The molecule has 124 valence electrons. The van der Waals surface area contributed by atoms with Crippen LogP contribution in [0.1, 0.15) is 38.7 Å². The molecule has 0 aliphatic heterocycles. The van der Waals surface area contributed by atoms with Crippen molar-refractivity contribution in [1.29, 1.82) is 0 Å². The summed E-state index contributed by atoms with van der Waals surface area (Å²) in [5.74, 6) is -1.71. The highest BCUT2D eigenvalue weighted by atomic mass is 19.2. The second-order valence-corrected chi connectivity index (χ2v) is 5.42. The van der Waals surface area contributed by atoms with Crippen molar-refractivity contribution in [2.45, 2.75) is 51.6 Å². The lowest BCUT2D eigenvalue weighted by molar-refractivity contribution is 0.225. The number of urea groups is 1. The van der Waals surface area contributed by atoms with Gasteiger partial charge in [-0.05, 0) is 50.3 Å². The fourth-order valence-electron chi connectivity index (χ4n) is 2.14. The zero-order valence-electron chi connectivity index (χ0n) is 13.0. The van der Waals surface area contributed by atoms with Crippen molar-refractivity contribution in [2.75, 3.05) is 6.61 Å². The summed E-state index contributed by atoms with van der Waals surface area (Å²) in [4.78, 5) is 11.8. The van der Waals surface area contributed by atoms with Gasteiger partial charge in [0.1, 0.15) is 0 Å². The molecule has 0 aliphatic carbocycles. The fraction of sp³-hybridized carbons (Fsp3) is 0.562. The first kappa shape index (κ1) is 18.4. The lowest BCUT2D eigenvalue weighted by Gasteiger charge is -2.19. The highest BCUT2D eigenvalue weighted by molar-refractivity contribution is 5.74. The molecule has 2 atom stereocenters. The number of aliphatic hydroxyl groups excluding tert-OH is 1. The predicted octanol–water partition coefficient (Wildman–Crippen LogP) is 2.75. The number of rotatable bonds is 8. The first-order chi connectivity index (χ1) is 10.5. The van der Waals surface area contributed by atoms with Crippen LogP contribution in [-0.4, -0.2) is 29.8 Å². The van der Waals surface area contributed by atoms with E-state index >= 15 is 0 Å². The topological polar surface area (TPSA) is 61.4 Å². The number of amides is 2. The Bertz CT molecular complexity index is 483. The standard InChI is InChI=1S/C16H24F2N2O2/c1-3-13(8-9-21)20-16(22)19-11(2)4-5-12-6-7-14(17)15(18)10-12/h6-7,10-11,13,21H,3-5,8-9H2,1-2H3,(H2,19,20,22). The maximum absolute atomic E-state index is 13.1. The maximum atomic E-state index is 13.1. The van der Waals surface area contributed by atoms with Gasteiger partial charge in [0.05, 0.1) is 0 Å². The van der Waals surface area contributed by atoms with Crippen LogP contribution in [0.3, 0.4) is 0 Å². The zero-order valence-corrected chi connectivity index (χ0v) is 13.0. The van der Waals surface area contributed by atoms with Gasteiger partial charge in [-0.25, -0.2) is 13.6 Å². The molecule has 2 amide bonds. The number of hydrogen-bond acceptors (Lipinski definition) is 2. The van der Waals surface area contributed by atoms with Crippen LogP contribution in [0.25, 0.3) is 0 Å². The van der Waals surface area contributed by atoms with Crippen LogP contribution in [0, 0.1) is 11.6 Å². The van der Waals surface area contributed by atoms with Crippen molar-refractivity contribution in [3.8, 4) is 0 Å². The van der Waals surface area contributed by atoms with Gasteiger partial charge in [-0.3, -0.25) is 0 Å². The van der Waals surface area contributed by atoms with Crippen molar-refractivity contribution in [2.24, 2.45) is 0 Å². The largest absolute Gasteiger partial charge is 0.396 e. The summed E-state index contributed by atoms with van der Waals surface area (Å²) in [6.07, 6.45) is 2.44. The molecule has 0 fully saturated rings. The number of carbonyl (C=O) groups excluding carboxylic acids is 1. The van der Waals surface area contributed by atoms with Crippen molar-refractivity contribution < 1.29 is 18.7 Å². The number of halogens is 2. The van der Waals surface area contributed by atoms with E-state index < -0.39 is 11.6 Å². The summed E-state index contributed by atoms with van der Waals surface area (Å²) in [6.45, 7) is 3.82. The smallest absolute Gasteiger partial charge is 0.315 e. The van der Waals surface area contributed by atoms with E-state index in [-0.39, 0.29) is 24.7 Å². The molecule has 1 rings (SSSR count). The van der Waals surface area contributed by atoms with Gasteiger partial charge in [0.15, 0.2) is 11.6 Å². The molecule has 1 aromatic rings. The molecule has 0 aliphatic rings. The van der Waals surface area contributed by atoms with Crippen LogP contribution in [-0.2, 0) is 6.42 Å². The third kappa shape index (κ3) is 6.39. The summed E-state index contributed by atoms with van der Waals surface area (Å²) in [7, 11) is 0. The van der Waals surface area contributed by atoms with Gasteiger partial charge in [0.2, 0.25) is 0 Å². The highest BCUT2D eigenvalue weighted by Gasteiger charge is 2.12. The Hall–Kier alpha value is -1.69. The Morgan fingerprint density at radius 2 is 1.95 bits per heavy atom. The van der Waals surface area contributed by atoms with E-state index in [2.05, 4.69) is 10.6 Å². The average Bonchev–Trinajstić information content (AvgIpc) is 2.48. The number of aryl methyl sites for hydroxylation is 1. The summed E-state index contributed by atoms with van der Waals surface area (Å²) in [5, 5.41) is 14.5. The summed E-state index contributed by atoms with van der Waals surface area (Å²) in [5.41, 5.74) is 0.694. The van der Waals surface area contributed by atoms with E-state index in [1.165, 1.54) is 6.07 Å². The molecule has 1 aromatic carbocycles. The van der Waals surface area contributed by atoms with Crippen LogP contribution >= 0.6 is 0 Å². The molecule has 0 aromatic heterocycles. The van der Waals surface area contributed by atoms with Crippen molar-refractivity contribution in [3.05, 3.63) is 35.4 Å². The summed E-state index contributed by atoms with van der Waals surface area (Å²) >= 11 is 0. The quantitative estimate of drug-likeness (QED) is 0.691. The molecule has 4 nitrogen and oxygen atoms in total. The lowest BCUT2D eigenvalue weighted by atomic mass is 10.1.